The van der Waals surface area contributed by atoms with Crippen LogP contribution in [0.4, 0.5) is 13.2 Å². The third-order valence-corrected chi connectivity index (χ3v) is 2.78. The summed E-state index contributed by atoms with van der Waals surface area (Å²) in [5.74, 6) is 0.692. The van der Waals surface area contributed by atoms with Gasteiger partial charge in [-0.2, -0.15) is 13.2 Å². The van der Waals surface area contributed by atoms with E-state index in [2.05, 4.69) is 5.32 Å². The summed E-state index contributed by atoms with van der Waals surface area (Å²) in [5, 5.41) is 3.19. The Bertz CT molecular complexity index is 396. The minimum atomic E-state index is -4.18. The Kier molecular flexibility index (Phi) is 6.81. The van der Waals surface area contributed by atoms with Crippen molar-refractivity contribution in [2.24, 2.45) is 0 Å². The molecule has 1 N–H and O–H groups in total. The highest BCUT2D eigenvalue weighted by Gasteiger charge is 2.26. The number of hydrogen-bond acceptors (Lipinski definition) is 3. The molecule has 1 aromatic carbocycles. The molecule has 0 aromatic heterocycles. The highest BCUT2D eigenvalue weighted by Crippen LogP contribution is 2.25. The number of alkyl halides is 3. The van der Waals surface area contributed by atoms with Gasteiger partial charge in [-0.05, 0) is 12.6 Å². The maximum atomic E-state index is 12.1. The molecule has 1 rings (SSSR count). The molecule has 6 heteroatoms. The van der Waals surface area contributed by atoms with Crippen molar-refractivity contribution >= 4 is 0 Å². The van der Waals surface area contributed by atoms with Crippen molar-refractivity contribution in [2.45, 2.75) is 25.6 Å². The van der Waals surface area contributed by atoms with Gasteiger partial charge in [0.15, 0.2) is 0 Å². The van der Waals surface area contributed by atoms with Crippen molar-refractivity contribution in [3.63, 3.8) is 0 Å². The van der Waals surface area contributed by atoms with E-state index in [1.807, 2.05) is 31.2 Å². The van der Waals surface area contributed by atoms with Crippen LogP contribution < -0.4 is 10.1 Å². The van der Waals surface area contributed by atoms with Gasteiger partial charge in [-0.25, -0.2) is 0 Å². The van der Waals surface area contributed by atoms with Gasteiger partial charge in [0.1, 0.15) is 5.75 Å². The molecule has 0 radical (unpaired) electrons. The number of benzene rings is 1. The molecule has 0 aliphatic heterocycles. The first-order valence-electron chi connectivity index (χ1n) is 6.48. The van der Waals surface area contributed by atoms with E-state index >= 15 is 0 Å². The van der Waals surface area contributed by atoms with Crippen molar-refractivity contribution in [1.29, 1.82) is 0 Å². The number of para-hydroxylation sites is 1. The van der Waals surface area contributed by atoms with Crippen LogP contribution in [0.2, 0.25) is 0 Å². The van der Waals surface area contributed by atoms with Gasteiger partial charge in [-0.1, -0.05) is 25.1 Å². The van der Waals surface area contributed by atoms with E-state index in [0.717, 1.165) is 5.56 Å². The van der Waals surface area contributed by atoms with Crippen molar-refractivity contribution in [2.75, 3.05) is 26.9 Å². The van der Waals surface area contributed by atoms with Gasteiger partial charge in [-0.15, -0.1) is 0 Å². The smallest absolute Gasteiger partial charge is 0.391 e. The molecule has 1 unspecified atom stereocenters. The molecular weight excluding hydrogens is 271 g/mol. The van der Waals surface area contributed by atoms with Crippen LogP contribution in [-0.2, 0) is 4.74 Å². The summed E-state index contributed by atoms with van der Waals surface area (Å²) >= 11 is 0. The van der Waals surface area contributed by atoms with Gasteiger partial charge >= 0.3 is 6.18 Å². The molecule has 0 saturated carbocycles. The Hall–Kier alpha value is -1.27. The van der Waals surface area contributed by atoms with E-state index < -0.39 is 12.6 Å². The van der Waals surface area contributed by atoms with E-state index in [1.165, 1.54) is 0 Å². The summed E-state index contributed by atoms with van der Waals surface area (Å²) in [4.78, 5) is 0. The molecule has 0 bridgehead atoms. The van der Waals surface area contributed by atoms with Crippen LogP contribution in [0.15, 0.2) is 24.3 Å². The molecule has 3 nitrogen and oxygen atoms in total. The highest BCUT2D eigenvalue weighted by molar-refractivity contribution is 5.35. The van der Waals surface area contributed by atoms with Crippen molar-refractivity contribution in [1.82, 2.24) is 5.32 Å². The van der Waals surface area contributed by atoms with E-state index in [-0.39, 0.29) is 19.3 Å². The van der Waals surface area contributed by atoms with E-state index in [4.69, 9.17) is 9.47 Å². The second kappa shape index (κ2) is 8.11. The van der Waals surface area contributed by atoms with Crippen LogP contribution in [0.5, 0.6) is 5.75 Å². The van der Waals surface area contributed by atoms with Gasteiger partial charge in [-0.3, -0.25) is 0 Å². The second-order valence-electron chi connectivity index (χ2n) is 4.29. The third kappa shape index (κ3) is 5.79. The Morgan fingerprint density at radius 3 is 2.55 bits per heavy atom. The maximum absolute atomic E-state index is 12.1. The Balaban J connectivity index is 2.60. The number of halogens is 3. The standard InChI is InChI=1S/C14H20F3NO2/c1-3-18-12(10-20-9-8-14(15,16)17)11-6-4-5-7-13(11)19-2/h4-7,12,18H,3,8-10H2,1-2H3. The first-order valence-corrected chi connectivity index (χ1v) is 6.48. The van der Waals surface area contributed by atoms with Crippen LogP contribution >= 0.6 is 0 Å². The SMILES string of the molecule is CCNC(COCCC(F)(F)F)c1ccccc1OC. The van der Waals surface area contributed by atoms with E-state index in [1.54, 1.807) is 7.11 Å². The van der Waals surface area contributed by atoms with Gasteiger partial charge in [0.2, 0.25) is 0 Å². The normalized spacial score (nSPS) is 13.2. The lowest BCUT2D eigenvalue weighted by Crippen LogP contribution is -2.26. The van der Waals surface area contributed by atoms with E-state index in [0.29, 0.717) is 12.3 Å². The first-order chi connectivity index (χ1) is 9.48. The summed E-state index contributed by atoms with van der Waals surface area (Å²) in [6, 6.07) is 7.20. The van der Waals surface area contributed by atoms with Crippen LogP contribution in [0, 0.1) is 0 Å². The van der Waals surface area contributed by atoms with Crippen LogP contribution in [0.1, 0.15) is 24.9 Å². The first kappa shape index (κ1) is 16.8. The molecule has 0 heterocycles. The molecule has 0 amide bonds. The highest BCUT2D eigenvalue weighted by atomic mass is 19.4. The van der Waals surface area contributed by atoms with Crippen LogP contribution in [-0.4, -0.2) is 33.0 Å². The lowest BCUT2D eigenvalue weighted by molar-refractivity contribution is -0.145. The molecule has 0 saturated heterocycles. The fourth-order valence-electron chi connectivity index (χ4n) is 1.85. The van der Waals surface area contributed by atoms with Gasteiger partial charge < -0.3 is 14.8 Å². The predicted octanol–water partition coefficient (Wildman–Crippen LogP) is 3.31. The zero-order valence-corrected chi connectivity index (χ0v) is 11.7. The average molecular weight is 291 g/mol. The summed E-state index contributed by atoms with van der Waals surface area (Å²) in [5.41, 5.74) is 0.879. The molecular formula is C14H20F3NO2. The summed E-state index contributed by atoms with van der Waals surface area (Å²) in [7, 11) is 1.56. The topological polar surface area (TPSA) is 30.5 Å². The van der Waals surface area contributed by atoms with Gasteiger partial charge in [0.25, 0.3) is 0 Å². The maximum Gasteiger partial charge on any atom is 0.391 e. The lowest BCUT2D eigenvalue weighted by atomic mass is 10.1. The Morgan fingerprint density at radius 2 is 1.95 bits per heavy atom. The molecule has 20 heavy (non-hydrogen) atoms. The largest absolute Gasteiger partial charge is 0.496 e. The summed E-state index contributed by atoms with van der Waals surface area (Å²) < 4.78 is 46.6. The number of likely N-dealkylation sites (N-methyl/N-ethyl adjacent to an activating group) is 1. The fraction of sp³-hybridized carbons (Fsp3) is 0.571. The van der Waals surface area contributed by atoms with E-state index in [9.17, 15) is 13.2 Å². The third-order valence-electron chi connectivity index (χ3n) is 2.78. The van der Waals surface area contributed by atoms with Crippen molar-refractivity contribution in [3.8, 4) is 5.75 Å². The number of nitrogens with one attached hydrogen (secondary N) is 1. The quantitative estimate of drug-likeness (QED) is 0.745. The second-order valence-corrected chi connectivity index (χ2v) is 4.29. The zero-order valence-electron chi connectivity index (χ0n) is 11.7. The van der Waals surface area contributed by atoms with Gasteiger partial charge in [0, 0.05) is 5.56 Å². The number of ether oxygens (including phenoxy) is 2. The number of hydrogen-bond donors (Lipinski definition) is 1. The molecule has 0 aliphatic rings. The fourth-order valence-corrected chi connectivity index (χ4v) is 1.85. The van der Waals surface area contributed by atoms with Crippen molar-refractivity contribution < 1.29 is 22.6 Å². The number of rotatable bonds is 8. The van der Waals surface area contributed by atoms with Crippen LogP contribution in [0.25, 0.3) is 0 Å². The molecule has 1 aromatic rings. The summed E-state index contributed by atoms with van der Waals surface area (Å²) in [6.07, 6.45) is -5.12. The molecule has 0 aliphatic carbocycles. The molecule has 0 fully saturated rings. The Morgan fingerprint density at radius 1 is 1.25 bits per heavy atom. The van der Waals surface area contributed by atoms with Gasteiger partial charge in [0.05, 0.1) is 32.8 Å². The predicted molar refractivity (Wildman–Crippen MR) is 70.9 cm³/mol. The Labute approximate surface area is 117 Å². The molecule has 1 atom stereocenters. The minimum Gasteiger partial charge on any atom is -0.496 e. The molecule has 114 valence electrons. The summed E-state index contributed by atoms with van der Waals surface area (Å²) in [6.45, 7) is 2.45. The number of methoxy groups -OCH3 is 1. The van der Waals surface area contributed by atoms with Crippen LogP contribution in [0.3, 0.4) is 0 Å². The average Bonchev–Trinajstić information content (AvgIpc) is 2.41. The zero-order chi connectivity index (χ0) is 15.0. The monoisotopic (exact) mass is 291 g/mol. The minimum absolute atomic E-state index is 0.171. The lowest BCUT2D eigenvalue weighted by Gasteiger charge is -2.21. The van der Waals surface area contributed by atoms with Crippen molar-refractivity contribution in [3.05, 3.63) is 29.8 Å². The molecule has 0 spiro atoms.